The number of para-hydroxylation sites is 4. The molecule has 0 saturated heterocycles. The first-order valence-electron chi connectivity index (χ1n) is 21.0. The predicted molar refractivity (Wildman–Crippen MR) is 240 cm³/mol. The maximum absolute atomic E-state index is 4.38. The molecule has 7 aromatic carbocycles. The molecule has 0 radical (unpaired) electrons. The van der Waals surface area contributed by atoms with Crippen molar-refractivity contribution in [2.24, 2.45) is 23.7 Å². The van der Waals surface area contributed by atoms with Crippen LogP contribution < -0.4 is 9.80 Å². The van der Waals surface area contributed by atoms with E-state index in [9.17, 15) is 0 Å². The molecule has 1 spiro atoms. The lowest BCUT2D eigenvalue weighted by molar-refractivity contribution is -0.0399. The number of anilines is 5. The van der Waals surface area contributed by atoms with Crippen LogP contribution in [0.2, 0.25) is 0 Å². The number of allylic oxidation sites excluding steroid dienone is 1. The Kier molecular flexibility index (Phi) is 8.10. The molecule has 5 aliphatic rings. The molecule has 7 aromatic rings. The molecule has 0 aliphatic heterocycles. The van der Waals surface area contributed by atoms with Gasteiger partial charge in [0.1, 0.15) is 0 Å². The third-order valence-electron chi connectivity index (χ3n) is 14.1. The molecule has 0 aromatic heterocycles. The fourth-order valence-electron chi connectivity index (χ4n) is 12.0. The van der Waals surface area contributed by atoms with Crippen LogP contribution in [0.5, 0.6) is 0 Å². The minimum atomic E-state index is 0.0318. The molecule has 278 valence electrons. The van der Waals surface area contributed by atoms with Crippen LogP contribution in [0.4, 0.5) is 28.4 Å². The molecular formula is C55H48N2. The van der Waals surface area contributed by atoms with Crippen LogP contribution in [0.1, 0.15) is 54.4 Å². The second kappa shape index (κ2) is 13.5. The summed E-state index contributed by atoms with van der Waals surface area (Å²) in [4.78, 5) is 4.74. The first kappa shape index (κ1) is 34.2. The van der Waals surface area contributed by atoms with E-state index in [1.54, 1.807) is 11.1 Å². The zero-order valence-electron chi connectivity index (χ0n) is 32.7. The van der Waals surface area contributed by atoms with Crippen molar-refractivity contribution >= 4 is 45.3 Å². The highest BCUT2D eigenvalue weighted by Gasteiger charge is 2.61. The summed E-state index contributed by atoms with van der Waals surface area (Å²) >= 11 is 0. The molecule has 2 heteroatoms. The smallest absolute Gasteiger partial charge is 0.0468 e. The van der Waals surface area contributed by atoms with Gasteiger partial charge in [-0.25, -0.2) is 0 Å². The second-order valence-electron chi connectivity index (χ2n) is 17.1. The van der Waals surface area contributed by atoms with Crippen molar-refractivity contribution in [2.75, 3.05) is 9.80 Å². The van der Waals surface area contributed by atoms with Gasteiger partial charge in [-0.3, -0.25) is 0 Å². The van der Waals surface area contributed by atoms with Crippen molar-refractivity contribution < 1.29 is 0 Å². The Hall–Kier alpha value is -6.12. The lowest BCUT2D eigenvalue weighted by Gasteiger charge is -2.61. The van der Waals surface area contributed by atoms with Gasteiger partial charge >= 0.3 is 0 Å². The van der Waals surface area contributed by atoms with Gasteiger partial charge in [0.05, 0.1) is 0 Å². The third-order valence-corrected chi connectivity index (χ3v) is 14.1. The van der Waals surface area contributed by atoms with Crippen LogP contribution >= 0.6 is 0 Å². The van der Waals surface area contributed by atoms with E-state index in [1.165, 1.54) is 82.2 Å². The maximum Gasteiger partial charge on any atom is 0.0468 e. The van der Waals surface area contributed by atoms with E-state index in [-0.39, 0.29) is 5.41 Å². The standard InChI is InChI=1S/C55H48N2/c1-3-45(56(46-16-8-4-9-17-46)47-18-10-5-11-19-47)32-41-35-53-51(26-37(41)2)52-34-40-24-25-50(57(48-20-12-6-13-21-48)49-22-14-7-15-23-49)33-42(40)36-54(52)55(53)43-28-38-27-39(30-43)31-44(55)29-38/h3-26,32-36,38-39,43-44H,1,27-31H2,2H3/b45-32+. The van der Waals surface area contributed by atoms with Crippen molar-refractivity contribution in [3.63, 3.8) is 0 Å². The minimum Gasteiger partial charge on any atom is -0.311 e. The van der Waals surface area contributed by atoms with Crippen LogP contribution in [-0.4, -0.2) is 0 Å². The van der Waals surface area contributed by atoms with Gasteiger partial charge < -0.3 is 9.80 Å². The molecule has 0 heterocycles. The van der Waals surface area contributed by atoms with E-state index in [2.05, 4.69) is 193 Å². The quantitative estimate of drug-likeness (QED) is 0.143. The molecule has 4 fully saturated rings. The van der Waals surface area contributed by atoms with E-state index in [1.807, 2.05) is 6.08 Å². The van der Waals surface area contributed by atoms with Gasteiger partial charge in [-0.05, 0) is 198 Å². The SMILES string of the molecule is C=C/C(=C\c1cc2c(cc1C)-c1cc3ccc(N(c4ccccc4)c4ccccc4)cc3cc1C21C2CC3CC(C2)CC1C3)N(c1ccccc1)c1ccccc1. The summed E-state index contributed by atoms with van der Waals surface area (Å²) in [6.45, 7) is 6.69. The number of hydrogen-bond acceptors (Lipinski definition) is 2. The number of hydrogen-bond donors (Lipinski definition) is 0. The molecule has 0 N–H and O–H groups in total. The zero-order valence-corrected chi connectivity index (χ0v) is 32.7. The molecule has 4 bridgehead atoms. The van der Waals surface area contributed by atoms with Crippen LogP contribution in [0.25, 0.3) is 28.0 Å². The summed E-state index contributed by atoms with van der Waals surface area (Å²) < 4.78 is 0. The van der Waals surface area contributed by atoms with Crippen molar-refractivity contribution in [3.05, 3.63) is 204 Å². The molecule has 0 unspecified atom stereocenters. The normalized spacial score (nSPS) is 22.7. The summed E-state index contributed by atoms with van der Waals surface area (Å²) in [6.07, 6.45) is 11.3. The average Bonchev–Trinajstić information content (AvgIpc) is 3.51. The highest BCUT2D eigenvalue weighted by molar-refractivity contribution is 5.97. The molecular weight excluding hydrogens is 689 g/mol. The molecule has 2 nitrogen and oxygen atoms in total. The van der Waals surface area contributed by atoms with Crippen LogP contribution in [0.15, 0.2) is 182 Å². The van der Waals surface area contributed by atoms with Gasteiger partial charge in [-0.15, -0.1) is 0 Å². The van der Waals surface area contributed by atoms with Crippen molar-refractivity contribution in [1.29, 1.82) is 0 Å². The Balaban J connectivity index is 1.09. The van der Waals surface area contributed by atoms with Crippen molar-refractivity contribution in [2.45, 2.75) is 44.4 Å². The molecule has 0 amide bonds. The summed E-state index contributed by atoms with van der Waals surface area (Å²) in [5, 5.41) is 2.64. The number of nitrogens with zero attached hydrogens (tertiary/aromatic N) is 2. The molecule has 4 saturated carbocycles. The summed E-state index contributed by atoms with van der Waals surface area (Å²) in [7, 11) is 0. The monoisotopic (exact) mass is 736 g/mol. The molecule has 0 atom stereocenters. The number of fused-ring (bicyclic) bond motifs is 4. The molecule has 12 rings (SSSR count). The van der Waals surface area contributed by atoms with E-state index in [0.717, 1.165) is 28.9 Å². The van der Waals surface area contributed by atoms with Crippen molar-refractivity contribution in [1.82, 2.24) is 0 Å². The van der Waals surface area contributed by atoms with Crippen molar-refractivity contribution in [3.8, 4) is 11.1 Å². The molecule has 57 heavy (non-hydrogen) atoms. The lowest BCUT2D eigenvalue weighted by atomic mass is 9.43. The Morgan fingerprint density at radius 2 is 1.04 bits per heavy atom. The number of rotatable bonds is 8. The van der Waals surface area contributed by atoms with Crippen LogP contribution in [0.3, 0.4) is 0 Å². The summed E-state index contributed by atoms with van der Waals surface area (Å²) in [5.41, 5.74) is 15.5. The first-order valence-corrected chi connectivity index (χ1v) is 21.0. The Morgan fingerprint density at radius 1 is 0.526 bits per heavy atom. The second-order valence-corrected chi connectivity index (χ2v) is 17.1. The average molecular weight is 737 g/mol. The Morgan fingerprint density at radius 3 is 1.58 bits per heavy atom. The van der Waals surface area contributed by atoms with Gasteiger partial charge in [-0.1, -0.05) is 91.5 Å². The van der Waals surface area contributed by atoms with E-state index >= 15 is 0 Å². The minimum absolute atomic E-state index is 0.0318. The Bertz CT molecular complexity index is 2550. The number of benzene rings is 7. The van der Waals surface area contributed by atoms with E-state index in [4.69, 9.17) is 0 Å². The van der Waals surface area contributed by atoms with Gasteiger partial charge in [0.15, 0.2) is 0 Å². The molecule has 5 aliphatic carbocycles. The predicted octanol–water partition coefficient (Wildman–Crippen LogP) is 14.7. The highest BCUT2D eigenvalue weighted by atomic mass is 15.1. The van der Waals surface area contributed by atoms with Gasteiger partial charge in [-0.2, -0.15) is 0 Å². The highest BCUT2D eigenvalue weighted by Crippen LogP contribution is 2.70. The van der Waals surface area contributed by atoms with Gasteiger partial charge in [0, 0.05) is 39.5 Å². The van der Waals surface area contributed by atoms with Gasteiger partial charge in [0.2, 0.25) is 0 Å². The van der Waals surface area contributed by atoms with Gasteiger partial charge in [0.25, 0.3) is 0 Å². The number of aryl methyl sites for hydroxylation is 1. The topological polar surface area (TPSA) is 6.48 Å². The Labute approximate surface area is 337 Å². The van der Waals surface area contributed by atoms with Crippen LogP contribution in [-0.2, 0) is 5.41 Å². The summed E-state index contributed by atoms with van der Waals surface area (Å²) in [5.74, 6) is 3.10. The van der Waals surface area contributed by atoms with E-state index < -0.39 is 0 Å². The third kappa shape index (κ3) is 5.45. The lowest BCUT2D eigenvalue weighted by Crippen LogP contribution is -2.55. The maximum atomic E-state index is 4.38. The summed E-state index contributed by atoms with van der Waals surface area (Å²) in [6, 6.07) is 60.4. The largest absolute Gasteiger partial charge is 0.311 e. The first-order chi connectivity index (χ1) is 28.1. The van der Waals surface area contributed by atoms with E-state index in [0.29, 0.717) is 11.8 Å². The fraction of sp³-hybridized carbons (Fsp3) is 0.200. The zero-order chi connectivity index (χ0) is 38.1. The van der Waals surface area contributed by atoms with Crippen LogP contribution in [0, 0.1) is 30.6 Å². The fourth-order valence-corrected chi connectivity index (χ4v) is 12.0.